The molecule has 0 amide bonds. The molecule has 2 unspecified atom stereocenters. The molecule has 2 N–H and O–H groups in total. The van der Waals surface area contributed by atoms with Gasteiger partial charge in [0.2, 0.25) is 0 Å². The van der Waals surface area contributed by atoms with Crippen LogP contribution in [0.4, 0.5) is 0 Å². The van der Waals surface area contributed by atoms with Gasteiger partial charge < -0.3 is 20.1 Å². The van der Waals surface area contributed by atoms with Crippen molar-refractivity contribution in [2.75, 3.05) is 47.1 Å². The maximum absolute atomic E-state index is 6.26. The van der Waals surface area contributed by atoms with E-state index >= 15 is 0 Å². The van der Waals surface area contributed by atoms with Gasteiger partial charge in [-0.3, -0.25) is 0 Å². The zero-order valence-electron chi connectivity index (χ0n) is 12.3. The predicted molar refractivity (Wildman–Crippen MR) is 74.7 cm³/mol. The maximum atomic E-state index is 6.26. The highest BCUT2D eigenvalue weighted by atomic mass is 16.5. The highest BCUT2D eigenvalue weighted by molar-refractivity contribution is 4.93. The van der Waals surface area contributed by atoms with E-state index in [1.165, 1.54) is 19.3 Å². The minimum Gasteiger partial charge on any atom is -0.385 e. The second kappa shape index (κ2) is 8.10. The first kappa shape index (κ1) is 15.9. The standard InChI is InChI=1S/C14H30N2O2/c1-14(7-4-6-13(14)15)12-16(9-11-18-3)8-5-10-17-2/h13H,4-12,15H2,1-3H3. The molecule has 1 saturated carbocycles. The molecule has 0 aromatic heterocycles. The molecule has 0 heterocycles. The van der Waals surface area contributed by atoms with Crippen LogP contribution in [0.25, 0.3) is 0 Å². The van der Waals surface area contributed by atoms with Crippen molar-refractivity contribution < 1.29 is 9.47 Å². The lowest BCUT2D eigenvalue weighted by atomic mass is 9.84. The van der Waals surface area contributed by atoms with Crippen molar-refractivity contribution in [3.8, 4) is 0 Å². The van der Waals surface area contributed by atoms with Crippen molar-refractivity contribution >= 4 is 0 Å². The summed E-state index contributed by atoms with van der Waals surface area (Å²) >= 11 is 0. The molecule has 0 bridgehead atoms. The van der Waals surface area contributed by atoms with Crippen molar-refractivity contribution in [1.82, 2.24) is 4.90 Å². The second-order valence-electron chi connectivity index (χ2n) is 5.77. The summed E-state index contributed by atoms with van der Waals surface area (Å²) in [5.41, 5.74) is 6.54. The molecule has 18 heavy (non-hydrogen) atoms. The molecule has 0 aliphatic heterocycles. The maximum Gasteiger partial charge on any atom is 0.0589 e. The smallest absolute Gasteiger partial charge is 0.0589 e. The van der Waals surface area contributed by atoms with Crippen LogP contribution < -0.4 is 5.73 Å². The number of hydrogen-bond donors (Lipinski definition) is 1. The van der Waals surface area contributed by atoms with Crippen LogP contribution in [0.15, 0.2) is 0 Å². The van der Waals surface area contributed by atoms with Gasteiger partial charge in [0.05, 0.1) is 6.61 Å². The van der Waals surface area contributed by atoms with E-state index in [1.54, 1.807) is 14.2 Å². The summed E-state index contributed by atoms with van der Waals surface area (Å²) in [6, 6.07) is 0.352. The van der Waals surface area contributed by atoms with Gasteiger partial charge in [-0.25, -0.2) is 0 Å². The first-order valence-electron chi connectivity index (χ1n) is 7.08. The Balaban J connectivity index is 2.43. The monoisotopic (exact) mass is 258 g/mol. The van der Waals surface area contributed by atoms with Gasteiger partial charge in [0.1, 0.15) is 0 Å². The Morgan fingerprint density at radius 1 is 1.22 bits per heavy atom. The van der Waals surface area contributed by atoms with Crippen molar-refractivity contribution in [2.24, 2.45) is 11.1 Å². The number of ether oxygens (including phenoxy) is 2. The summed E-state index contributed by atoms with van der Waals surface area (Å²) in [7, 11) is 3.52. The fourth-order valence-corrected chi connectivity index (χ4v) is 2.89. The van der Waals surface area contributed by atoms with E-state index in [0.29, 0.717) is 6.04 Å². The quantitative estimate of drug-likeness (QED) is 0.637. The van der Waals surface area contributed by atoms with Crippen LogP contribution in [0.5, 0.6) is 0 Å². The fraction of sp³-hybridized carbons (Fsp3) is 1.00. The van der Waals surface area contributed by atoms with Crippen LogP contribution in [0.2, 0.25) is 0 Å². The van der Waals surface area contributed by atoms with E-state index in [1.807, 2.05) is 0 Å². The molecular formula is C14H30N2O2. The van der Waals surface area contributed by atoms with Gasteiger partial charge in [0.25, 0.3) is 0 Å². The van der Waals surface area contributed by atoms with Crippen molar-refractivity contribution in [1.29, 1.82) is 0 Å². The third-order valence-corrected chi connectivity index (χ3v) is 4.18. The van der Waals surface area contributed by atoms with Gasteiger partial charge >= 0.3 is 0 Å². The number of rotatable bonds is 9. The van der Waals surface area contributed by atoms with E-state index in [-0.39, 0.29) is 5.41 Å². The second-order valence-corrected chi connectivity index (χ2v) is 5.77. The normalized spacial score (nSPS) is 28.2. The van der Waals surface area contributed by atoms with Gasteiger partial charge in [-0.2, -0.15) is 0 Å². The molecule has 0 aromatic rings. The molecule has 108 valence electrons. The molecule has 1 aliphatic rings. The third kappa shape index (κ3) is 4.84. The van der Waals surface area contributed by atoms with Crippen molar-refractivity contribution in [3.05, 3.63) is 0 Å². The molecule has 0 radical (unpaired) electrons. The van der Waals surface area contributed by atoms with Gasteiger partial charge in [0, 0.05) is 46.5 Å². The topological polar surface area (TPSA) is 47.7 Å². The van der Waals surface area contributed by atoms with Crippen LogP contribution in [-0.2, 0) is 9.47 Å². The molecule has 2 atom stereocenters. The molecule has 4 nitrogen and oxygen atoms in total. The van der Waals surface area contributed by atoms with Gasteiger partial charge in [-0.1, -0.05) is 13.3 Å². The minimum atomic E-state index is 0.279. The lowest BCUT2D eigenvalue weighted by molar-refractivity contribution is 0.0967. The third-order valence-electron chi connectivity index (χ3n) is 4.18. The summed E-state index contributed by atoms with van der Waals surface area (Å²) in [5.74, 6) is 0. The first-order valence-corrected chi connectivity index (χ1v) is 7.08. The van der Waals surface area contributed by atoms with E-state index < -0.39 is 0 Å². The van der Waals surface area contributed by atoms with E-state index in [9.17, 15) is 0 Å². The van der Waals surface area contributed by atoms with E-state index in [0.717, 1.165) is 39.3 Å². The van der Waals surface area contributed by atoms with Gasteiger partial charge in [-0.05, 0) is 24.7 Å². The number of nitrogens with zero attached hydrogens (tertiary/aromatic N) is 1. The Bertz CT molecular complexity index is 226. The highest BCUT2D eigenvalue weighted by Gasteiger charge is 2.37. The summed E-state index contributed by atoms with van der Waals surface area (Å²) in [6.45, 7) is 7.09. The summed E-state index contributed by atoms with van der Waals surface area (Å²) in [6.07, 6.45) is 4.77. The van der Waals surface area contributed by atoms with Crippen molar-refractivity contribution in [2.45, 2.75) is 38.6 Å². The zero-order chi connectivity index (χ0) is 13.4. The molecule has 1 aliphatic carbocycles. The number of nitrogens with two attached hydrogens (primary N) is 1. The molecule has 1 fully saturated rings. The van der Waals surface area contributed by atoms with Gasteiger partial charge in [-0.15, -0.1) is 0 Å². The summed E-state index contributed by atoms with van der Waals surface area (Å²) in [5, 5.41) is 0. The number of methoxy groups -OCH3 is 2. The summed E-state index contributed by atoms with van der Waals surface area (Å²) in [4.78, 5) is 2.48. The average molecular weight is 258 g/mol. The van der Waals surface area contributed by atoms with Crippen LogP contribution in [0.3, 0.4) is 0 Å². The lowest BCUT2D eigenvalue weighted by Crippen LogP contribution is -2.45. The largest absolute Gasteiger partial charge is 0.385 e. The minimum absolute atomic E-state index is 0.279. The number of hydrogen-bond acceptors (Lipinski definition) is 4. The predicted octanol–water partition coefficient (Wildman–Crippen LogP) is 1.49. The average Bonchev–Trinajstić information content (AvgIpc) is 2.66. The fourth-order valence-electron chi connectivity index (χ4n) is 2.89. The van der Waals surface area contributed by atoms with Crippen LogP contribution in [-0.4, -0.2) is 58.0 Å². The van der Waals surface area contributed by atoms with E-state index in [4.69, 9.17) is 15.2 Å². The SMILES string of the molecule is COCCCN(CCOC)CC1(C)CCCC1N. The Morgan fingerprint density at radius 3 is 2.50 bits per heavy atom. The molecule has 4 heteroatoms. The molecule has 0 aromatic carbocycles. The van der Waals surface area contributed by atoms with Crippen molar-refractivity contribution in [3.63, 3.8) is 0 Å². The molecule has 1 rings (SSSR count). The summed E-state index contributed by atoms with van der Waals surface area (Å²) < 4.78 is 10.3. The molecule has 0 saturated heterocycles. The highest BCUT2D eigenvalue weighted by Crippen LogP contribution is 2.37. The Labute approximate surface area is 112 Å². The van der Waals surface area contributed by atoms with E-state index in [2.05, 4.69) is 11.8 Å². The Kier molecular flexibility index (Phi) is 7.15. The first-order chi connectivity index (χ1) is 8.62. The lowest BCUT2D eigenvalue weighted by Gasteiger charge is -2.35. The van der Waals surface area contributed by atoms with Crippen LogP contribution >= 0.6 is 0 Å². The zero-order valence-corrected chi connectivity index (χ0v) is 12.3. The van der Waals surface area contributed by atoms with Gasteiger partial charge in [0.15, 0.2) is 0 Å². The van der Waals surface area contributed by atoms with Crippen LogP contribution in [0, 0.1) is 5.41 Å². The molecule has 0 spiro atoms. The Hall–Kier alpha value is -0.160. The Morgan fingerprint density at radius 2 is 1.94 bits per heavy atom. The molecular weight excluding hydrogens is 228 g/mol. The van der Waals surface area contributed by atoms with Crippen LogP contribution in [0.1, 0.15) is 32.6 Å².